The Hall–Kier alpha value is -1.66. The van der Waals surface area contributed by atoms with Crippen LogP contribution in [0, 0.1) is 22.7 Å². The molecule has 156 valence electrons. The summed E-state index contributed by atoms with van der Waals surface area (Å²) in [7, 11) is 0. The van der Waals surface area contributed by atoms with Crippen molar-refractivity contribution in [2.75, 3.05) is 26.4 Å². The molecule has 0 heterocycles. The molecule has 2 N–H and O–H groups in total. The molecule has 0 saturated heterocycles. The van der Waals surface area contributed by atoms with Crippen LogP contribution in [-0.2, 0) is 19.1 Å². The monoisotopic (exact) mass is 392 g/mol. The van der Waals surface area contributed by atoms with Crippen molar-refractivity contribution in [2.45, 2.75) is 51.4 Å². The number of fused-ring (bicyclic) bond motifs is 5. The Morgan fingerprint density at radius 3 is 2.14 bits per heavy atom. The minimum absolute atomic E-state index is 0.0183. The highest BCUT2D eigenvalue weighted by Crippen LogP contribution is 2.76. The normalized spacial score (nSPS) is 32.8. The molecule has 0 amide bonds. The Morgan fingerprint density at radius 1 is 0.929 bits per heavy atom. The lowest BCUT2D eigenvalue weighted by atomic mass is 9.55. The number of esters is 2. The summed E-state index contributed by atoms with van der Waals surface area (Å²) >= 11 is 0. The fourth-order valence-electron chi connectivity index (χ4n) is 6.57. The van der Waals surface area contributed by atoms with Gasteiger partial charge in [0.2, 0.25) is 0 Å². The molecule has 3 aliphatic carbocycles. The first-order valence-electron chi connectivity index (χ1n) is 10.3. The van der Waals surface area contributed by atoms with Crippen LogP contribution in [0.2, 0.25) is 0 Å². The zero-order valence-electron chi connectivity index (χ0n) is 16.6. The average Bonchev–Trinajstić information content (AvgIpc) is 3.34. The summed E-state index contributed by atoms with van der Waals surface area (Å²) in [6.07, 6.45) is 7.71. The minimum Gasteiger partial charge on any atom is -0.460 e. The van der Waals surface area contributed by atoms with Gasteiger partial charge in [-0.1, -0.05) is 19.6 Å². The predicted molar refractivity (Wildman–Crippen MR) is 103 cm³/mol. The maximum absolute atomic E-state index is 12.3. The van der Waals surface area contributed by atoms with Crippen LogP contribution in [0.3, 0.4) is 0 Å². The summed E-state index contributed by atoms with van der Waals surface area (Å²) in [6, 6.07) is 0. The molecule has 2 bridgehead atoms. The smallest absolute Gasteiger partial charge is 0.333 e. The van der Waals surface area contributed by atoms with E-state index in [1.165, 1.54) is 0 Å². The molecule has 3 rings (SSSR count). The first-order chi connectivity index (χ1) is 13.4. The molecule has 4 atom stereocenters. The molecular formula is C22H32O6. The topological polar surface area (TPSA) is 93.1 Å². The van der Waals surface area contributed by atoms with Crippen molar-refractivity contribution in [3.63, 3.8) is 0 Å². The molecule has 3 fully saturated rings. The number of rotatable bonds is 10. The van der Waals surface area contributed by atoms with Crippen LogP contribution in [0.1, 0.15) is 51.4 Å². The lowest BCUT2D eigenvalue weighted by Gasteiger charge is -2.49. The molecule has 0 aliphatic heterocycles. The number of carbonyl (C=O) groups excluding carboxylic acids is 2. The van der Waals surface area contributed by atoms with Gasteiger partial charge >= 0.3 is 11.9 Å². The summed E-state index contributed by atoms with van der Waals surface area (Å²) in [5.74, 6) is 0.299. The van der Waals surface area contributed by atoms with E-state index < -0.39 is 11.9 Å². The van der Waals surface area contributed by atoms with Gasteiger partial charge in [0.15, 0.2) is 0 Å². The zero-order valence-corrected chi connectivity index (χ0v) is 16.6. The molecule has 6 heteroatoms. The van der Waals surface area contributed by atoms with E-state index in [-0.39, 0.29) is 37.3 Å². The lowest BCUT2D eigenvalue weighted by molar-refractivity contribution is -0.142. The molecule has 0 aromatic carbocycles. The third-order valence-electron chi connectivity index (χ3n) is 7.43. The molecule has 0 aromatic rings. The van der Waals surface area contributed by atoms with Gasteiger partial charge in [0.1, 0.15) is 13.2 Å². The van der Waals surface area contributed by atoms with E-state index in [4.69, 9.17) is 19.7 Å². The van der Waals surface area contributed by atoms with Crippen molar-refractivity contribution >= 4 is 11.9 Å². The molecule has 6 nitrogen and oxygen atoms in total. The van der Waals surface area contributed by atoms with Gasteiger partial charge < -0.3 is 19.7 Å². The van der Waals surface area contributed by atoms with E-state index in [1.807, 2.05) is 0 Å². The highest BCUT2D eigenvalue weighted by Gasteiger charge is 2.67. The van der Waals surface area contributed by atoms with E-state index >= 15 is 0 Å². The third-order valence-corrected chi connectivity index (χ3v) is 7.43. The summed E-state index contributed by atoms with van der Waals surface area (Å²) in [6.45, 7) is 7.54. The fourth-order valence-corrected chi connectivity index (χ4v) is 6.57. The van der Waals surface area contributed by atoms with E-state index in [0.717, 1.165) is 38.5 Å². The number of aliphatic hydroxyl groups excluding tert-OH is 2. The summed E-state index contributed by atoms with van der Waals surface area (Å²) in [5.41, 5.74) is 0.801. The van der Waals surface area contributed by atoms with Crippen molar-refractivity contribution in [3.05, 3.63) is 24.3 Å². The van der Waals surface area contributed by atoms with Gasteiger partial charge in [0.25, 0.3) is 0 Å². The quantitative estimate of drug-likeness (QED) is 0.438. The van der Waals surface area contributed by atoms with Crippen LogP contribution in [0.5, 0.6) is 0 Å². The van der Waals surface area contributed by atoms with Gasteiger partial charge in [0.05, 0.1) is 13.2 Å². The van der Waals surface area contributed by atoms with Crippen LogP contribution in [-0.4, -0.2) is 48.6 Å². The van der Waals surface area contributed by atoms with Crippen LogP contribution in [0.25, 0.3) is 0 Å². The largest absolute Gasteiger partial charge is 0.460 e. The van der Waals surface area contributed by atoms with E-state index in [0.29, 0.717) is 35.8 Å². The molecular weight excluding hydrogens is 360 g/mol. The Balaban J connectivity index is 1.79. The predicted octanol–water partition coefficient (Wildman–Crippen LogP) is 2.54. The van der Waals surface area contributed by atoms with Crippen molar-refractivity contribution in [3.8, 4) is 0 Å². The summed E-state index contributed by atoms with van der Waals surface area (Å²) in [5, 5.41) is 17.8. The first-order valence-corrected chi connectivity index (χ1v) is 10.3. The second-order valence-corrected chi connectivity index (χ2v) is 8.72. The fraction of sp³-hybridized carbons (Fsp3) is 0.727. The maximum Gasteiger partial charge on any atom is 0.333 e. The average molecular weight is 392 g/mol. The maximum atomic E-state index is 12.3. The van der Waals surface area contributed by atoms with Crippen molar-refractivity contribution in [1.29, 1.82) is 0 Å². The van der Waals surface area contributed by atoms with Gasteiger partial charge in [-0.3, -0.25) is 0 Å². The number of hydrogen-bond acceptors (Lipinski definition) is 6. The standard InChI is InChI=1S/C22H32O6/c1-15(19(25)27-10-8-23)12-21-7-5-17(14-21)18-4-3-6-22(18,21)13-16(2)20(26)28-11-9-24/h17-18,23-24H,1-14H2. The molecule has 4 unspecified atom stereocenters. The zero-order chi connectivity index (χ0) is 20.4. The van der Waals surface area contributed by atoms with Crippen LogP contribution in [0.4, 0.5) is 0 Å². The van der Waals surface area contributed by atoms with Crippen molar-refractivity contribution in [1.82, 2.24) is 0 Å². The van der Waals surface area contributed by atoms with Gasteiger partial charge in [-0.2, -0.15) is 0 Å². The number of aliphatic hydroxyl groups is 2. The van der Waals surface area contributed by atoms with Crippen LogP contribution >= 0.6 is 0 Å². The van der Waals surface area contributed by atoms with Crippen molar-refractivity contribution < 1.29 is 29.3 Å². The highest BCUT2D eigenvalue weighted by atomic mass is 16.5. The second-order valence-electron chi connectivity index (χ2n) is 8.72. The van der Waals surface area contributed by atoms with Gasteiger partial charge in [0, 0.05) is 11.1 Å². The first kappa shape index (κ1) is 21.1. The number of carbonyl (C=O) groups is 2. The summed E-state index contributed by atoms with van der Waals surface area (Å²) < 4.78 is 10.2. The van der Waals surface area contributed by atoms with Gasteiger partial charge in [-0.25, -0.2) is 9.59 Å². The molecule has 3 saturated carbocycles. The summed E-state index contributed by atoms with van der Waals surface area (Å²) in [4.78, 5) is 24.5. The molecule has 0 radical (unpaired) electrons. The Morgan fingerprint density at radius 2 is 1.54 bits per heavy atom. The molecule has 0 aromatic heterocycles. The Labute approximate surface area is 166 Å². The SMILES string of the molecule is C=C(CC12CCC(C1)C1CCCC12CC(=C)C(=O)OCCO)C(=O)OCCO. The highest BCUT2D eigenvalue weighted by molar-refractivity contribution is 5.88. The molecule has 0 spiro atoms. The van der Waals surface area contributed by atoms with E-state index in [2.05, 4.69) is 13.2 Å². The second kappa shape index (κ2) is 8.37. The Kier molecular flexibility index (Phi) is 6.30. The third kappa shape index (κ3) is 3.52. The van der Waals surface area contributed by atoms with Crippen LogP contribution in [0.15, 0.2) is 24.3 Å². The van der Waals surface area contributed by atoms with Gasteiger partial charge in [-0.15, -0.1) is 0 Å². The van der Waals surface area contributed by atoms with Gasteiger partial charge in [-0.05, 0) is 67.6 Å². The molecule has 28 heavy (non-hydrogen) atoms. The molecule has 3 aliphatic rings. The van der Waals surface area contributed by atoms with Crippen molar-refractivity contribution in [2.24, 2.45) is 22.7 Å². The van der Waals surface area contributed by atoms with E-state index in [9.17, 15) is 9.59 Å². The van der Waals surface area contributed by atoms with E-state index in [1.54, 1.807) is 0 Å². The number of hydrogen-bond donors (Lipinski definition) is 2. The lowest BCUT2D eigenvalue weighted by Crippen LogP contribution is -2.42. The minimum atomic E-state index is -0.440. The number of ether oxygens (including phenoxy) is 2. The van der Waals surface area contributed by atoms with Crippen LogP contribution < -0.4 is 0 Å². The Bertz CT molecular complexity index is 655.